The molecule has 1 N–H and O–H groups in total. The molecule has 4 heterocycles. The van der Waals surface area contributed by atoms with E-state index in [1.54, 1.807) is 35.4 Å². The molecule has 0 aliphatic carbocycles. The van der Waals surface area contributed by atoms with Crippen LogP contribution < -0.4 is 19.7 Å². The molecular formula is C30H37F3N6O4. The van der Waals surface area contributed by atoms with Crippen molar-refractivity contribution in [3.63, 3.8) is 0 Å². The van der Waals surface area contributed by atoms with Crippen LogP contribution in [0.2, 0.25) is 0 Å². The fourth-order valence-electron chi connectivity index (χ4n) is 5.36. The number of benzene rings is 1. The minimum Gasteiger partial charge on any atom is -0.493 e. The summed E-state index contributed by atoms with van der Waals surface area (Å²) in [5, 5.41) is 7.58. The number of nitrogens with zero attached hydrogens (tertiary/aromatic N) is 5. The van der Waals surface area contributed by atoms with E-state index < -0.39 is 23.9 Å². The first-order valence-corrected chi connectivity index (χ1v) is 14.2. The van der Waals surface area contributed by atoms with Crippen molar-refractivity contribution in [1.82, 2.24) is 19.7 Å². The van der Waals surface area contributed by atoms with Crippen LogP contribution in [0.1, 0.15) is 56.1 Å². The predicted octanol–water partition coefficient (Wildman–Crippen LogP) is 5.60. The number of carbonyl (C=O) groups is 1. The van der Waals surface area contributed by atoms with E-state index in [4.69, 9.17) is 14.2 Å². The largest absolute Gasteiger partial charge is 0.493 e. The summed E-state index contributed by atoms with van der Waals surface area (Å²) in [5.74, 6) is 2.03. The highest BCUT2D eigenvalue weighted by atomic mass is 19.4. The fraction of sp³-hybridized carbons (Fsp3) is 0.500. The molecule has 1 aromatic carbocycles. The number of hydrogen-bond acceptors (Lipinski definition) is 8. The molecule has 232 valence electrons. The number of alkyl halides is 3. The lowest BCUT2D eigenvalue weighted by atomic mass is 9.96. The minimum atomic E-state index is -4.48. The highest BCUT2D eigenvalue weighted by Crippen LogP contribution is 2.44. The molecular weight excluding hydrogens is 565 g/mol. The van der Waals surface area contributed by atoms with E-state index in [1.807, 2.05) is 32.9 Å². The van der Waals surface area contributed by atoms with E-state index in [-0.39, 0.29) is 12.5 Å². The standard InChI is InChI=1S/C30H37F3N6O4/c1-29(2,3)43-28(40)38-12-10-37(11-13-38)26-9-6-19(18-34-26)14-21-16-27-35-22(17-25(30(31,32)33)39(27)36-21)20-7-8-23(41-4)24(15-20)42-5/h6-9,15-16,18,22,25,35H,10-14,17H2,1-5H3. The maximum atomic E-state index is 14.2. The van der Waals surface area contributed by atoms with E-state index in [0.717, 1.165) is 16.1 Å². The number of nitrogens with one attached hydrogen (secondary N) is 1. The smallest absolute Gasteiger partial charge is 0.410 e. The first-order valence-electron chi connectivity index (χ1n) is 14.2. The molecule has 2 unspecified atom stereocenters. The van der Waals surface area contributed by atoms with Gasteiger partial charge < -0.3 is 29.3 Å². The summed E-state index contributed by atoms with van der Waals surface area (Å²) in [6.45, 7) is 7.80. The van der Waals surface area contributed by atoms with Crippen molar-refractivity contribution in [2.24, 2.45) is 0 Å². The van der Waals surface area contributed by atoms with Crippen LogP contribution in [0, 0.1) is 0 Å². The van der Waals surface area contributed by atoms with Gasteiger partial charge in [0.15, 0.2) is 17.5 Å². The summed E-state index contributed by atoms with van der Waals surface area (Å²) < 4.78 is 59.7. The Bertz CT molecular complexity index is 1430. The van der Waals surface area contributed by atoms with Crippen LogP contribution in [0.5, 0.6) is 11.5 Å². The highest BCUT2D eigenvalue weighted by molar-refractivity contribution is 5.68. The number of methoxy groups -OCH3 is 2. The fourth-order valence-corrected chi connectivity index (χ4v) is 5.36. The second-order valence-electron chi connectivity index (χ2n) is 11.7. The number of rotatable bonds is 6. The van der Waals surface area contributed by atoms with Gasteiger partial charge in [-0.2, -0.15) is 18.3 Å². The zero-order valence-corrected chi connectivity index (χ0v) is 24.9. The van der Waals surface area contributed by atoms with Crippen LogP contribution in [-0.4, -0.2) is 77.9 Å². The van der Waals surface area contributed by atoms with Crippen LogP contribution >= 0.6 is 0 Å². The van der Waals surface area contributed by atoms with E-state index in [1.165, 1.54) is 14.2 Å². The number of fused-ring (bicyclic) bond motifs is 1. The van der Waals surface area contributed by atoms with Gasteiger partial charge in [0, 0.05) is 51.3 Å². The van der Waals surface area contributed by atoms with Gasteiger partial charge in [0.2, 0.25) is 0 Å². The Labute approximate surface area is 248 Å². The molecule has 13 heteroatoms. The monoisotopic (exact) mass is 602 g/mol. The first kappa shape index (κ1) is 30.3. The molecule has 1 fully saturated rings. The molecule has 0 saturated carbocycles. The lowest BCUT2D eigenvalue weighted by molar-refractivity contribution is -0.173. The zero-order chi connectivity index (χ0) is 30.9. The summed E-state index contributed by atoms with van der Waals surface area (Å²) in [6, 6.07) is 8.20. The van der Waals surface area contributed by atoms with Gasteiger partial charge in [0.1, 0.15) is 17.2 Å². The van der Waals surface area contributed by atoms with Gasteiger partial charge in [-0.05, 0) is 50.1 Å². The molecule has 0 radical (unpaired) electrons. The van der Waals surface area contributed by atoms with E-state index in [9.17, 15) is 18.0 Å². The summed E-state index contributed by atoms with van der Waals surface area (Å²) >= 11 is 0. The summed E-state index contributed by atoms with van der Waals surface area (Å²) in [6.07, 6.45) is -2.98. The third-order valence-corrected chi connectivity index (χ3v) is 7.50. The Morgan fingerprint density at radius 2 is 1.72 bits per heavy atom. The highest BCUT2D eigenvalue weighted by Gasteiger charge is 2.46. The van der Waals surface area contributed by atoms with Crippen molar-refractivity contribution in [3.8, 4) is 11.5 Å². The van der Waals surface area contributed by atoms with E-state index in [0.29, 0.717) is 61.2 Å². The van der Waals surface area contributed by atoms with Crippen molar-refractivity contribution in [1.29, 1.82) is 0 Å². The number of piperazine rings is 1. The zero-order valence-electron chi connectivity index (χ0n) is 24.9. The molecule has 10 nitrogen and oxygen atoms in total. The Morgan fingerprint density at radius 3 is 2.33 bits per heavy atom. The summed E-state index contributed by atoms with van der Waals surface area (Å²) in [5.41, 5.74) is 1.44. The van der Waals surface area contributed by atoms with Crippen molar-refractivity contribution in [3.05, 3.63) is 59.4 Å². The number of amides is 1. The predicted molar refractivity (Wildman–Crippen MR) is 155 cm³/mol. The van der Waals surface area contributed by atoms with Crippen molar-refractivity contribution >= 4 is 17.7 Å². The number of anilines is 2. The van der Waals surface area contributed by atoms with Gasteiger partial charge in [0.05, 0.1) is 26.0 Å². The molecule has 2 atom stereocenters. The van der Waals surface area contributed by atoms with E-state index >= 15 is 0 Å². The number of ether oxygens (including phenoxy) is 3. The average Bonchev–Trinajstić information content (AvgIpc) is 3.37. The minimum absolute atomic E-state index is 0.218. The number of hydrogen-bond donors (Lipinski definition) is 1. The van der Waals surface area contributed by atoms with Gasteiger partial charge >= 0.3 is 12.3 Å². The molecule has 43 heavy (non-hydrogen) atoms. The van der Waals surface area contributed by atoms with E-state index in [2.05, 4.69) is 20.3 Å². The molecule has 3 aromatic rings. The Balaban J connectivity index is 1.26. The van der Waals surface area contributed by atoms with Gasteiger partial charge in [0.25, 0.3) is 0 Å². The van der Waals surface area contributed by atoms with Crippen LogP contribution in [0.3, 0.4) is 0 Å². The Morgan fingerprint density at radius 1 is 1.00 bits per heavy atom. The normalized spacial score (nSPS) is 19.0. The van der Waals surface area contributed by atoms with Crippen molar-refractivity contribution in [2.75, 3.05) is 50.6 Å². The first-order chi connectivity index (χ1) is 20.3. The average molecular weight is 603 g/mol. The van der Waals surface area contributed by atoms with Gasteiger partial charge in [-0.15, -0.1) is 0 Å². The quantitative estimate of drug-likeness (QED) is 0.390. The van der Waals surface area contributed by atoms with Crippen molar-refractivity contribution < 1.29 is 32.2 Å². The molecule has 2 aliphatic rings. The number of pyridine rings is 1. The lowest BCUT2D eigenvalue weighted by Crippen LogP contribution is -2.50. The molecule has 1 amide bonds. The molecule has 1 saturated heterocycles. The maximum Gasteiger partial charge on any atom is 0.410 e. The van der Waals surface area contributed by atoms with Crippen LogP contribution in [0.25, 0.3) is 0 Å². The Kier molecular flexibility index (Phi) is 8.35. The van der Waals surface area contributed by atoms with Gasteiger partial charge in [-0.1, -0.05) is 12.1 Å². The molecule has 2 aliphatic heterocycles. The molecule has 0 spiro atoms. The number of carbonyl (C=O) groups excluding carboxylic acids is 1. The van der Waals surface area contributed by atoms with Gasteiger partial charge in [-0.3, -0.25) is 0 Å². The third-order valence-electron chi connectivity index (χ3n) is 7.50. The van der Waals surface area contributed by atoms with Gasteiger partial charge in [-0.25, -0.2) is 14.5 Å². The van der Waals surface area contributed by atoms with Crippen molar-refractivity contribution in [2.45, 2.75) is 57.5 Å². The SMILES string of the molecule is COc1ccc(C2CC(C(F)(F)F)n3nc(Cc4ccc(N5CCN(C(=O)OC(C)(C)C)CC5)nc4)cc3N2)cc1OC. The third kappa shape index (κ3) is 6.91. The number of halogens is 3. The summed E-state index contributed by atoms with van der Waals surface area (Å²) in [7, 11) is 3.00. The maximum absolute atomic E-state index is 14.2. The second kappa shape index (κ2) is 11.8. The van der Waals surface area contributed by atoms with Crippen LogP contribution in [0.15, 0.2) is 42.6 Å². The topological polar surface area (TPSA) is 94.0 Å². The number of aromatic nitrogens is 3. The van der Waals surface area contributed by atoms with Crippen LogP contribution in [0.4, 0.5) is 29.6 Å². The molecule has 2 aromatic heterocycles. The second-order valence-corrected chi connectivity index (χ2v) is 11.7. The lowest BCUT2D eigenvalue weighted by Gasteiger charge is -2.36. The summed E-state index contributed by atoms with van der Waals surface area (Å²) in [4.78, 5) is 20.7. The molecule has 5 rings (SSSR count). The van der Waals surface area contributed by atoms with Crippen LogP contribution in [-0.2, 0) is 11.2 Å². The molecule has 0 bridgehead atoms. The Hall–Kier alpha value is -4.16.